The average molecular weight is 267 g/mol. The van der Waals surface area contributed by atoms with E-state index in [-0.39, 0.29) is 11.8 Å². The highest BCUT2D eigenvalue weighted by atomic mass is 16.1. The molecule has 1 heterocycles. The van der Waals surface area contributed by atoms with E-state index in [2.05, 4.69) is 17.1 Å². The number of hydrogen-bond donors (Lipinski definition) is 2. The van der Waals surface area contributed by atoms with E-state index in [1.54, 1.807) is 7.05 Å². The lowest BCUT2D eigenvalue weighted by atomic mass is 9.77. The van der Waals surface area contributed by atoms with E-state index in [4.69, 9.17) is 5.73 Å². The lowest BCUT2D eigenvalue weighted by molar-refractivity contribution is -0.126. The summed E-state index contributed by atoms with van der Waals surface area (Å²) in [6.45, 7) is 5.29. The minimum atomic E-state index is 0.215. The number of likely N-dealkylation sites (tertiary alicyclic amines) is 1. The molecule has 0 radical (unpaired) electrons. The zero-order valence-corrected chi connectivity index (χ0v) is 12.4. The van der Waals surface area contributed by atoms with Crippen LogP contribution in [-0.4, -0.2) is 43.5 Å². The van der Waals surface area contributed by atoms with Crippen LogP contribution in [0.15, 0.2) is 0 Å². The van der Waals surface area contributed by atoms with E-state index in [9.17, 15) is 4.79 Å². The fourth-order valence-corrected chi connectivity index (χ4v) is 3.83. The first-order valence-electron chi connectivity index (χ1n) is 7.81. The average Bonchev–Trinajstić information content (AvgIpc) is 2.46. The minimum absolute atomic E-state index is 0.215. The maximum Gasteiger partial charge on any atom is 0.222 e. The van der Waals surface area contributed by atoms with Crippen molar-refractivity contribution in [2.75, 3.05) is 26.7 Å². The molecule has 3 unspecified atom stereocenters. The van der Waals surface area contributed by atoms with Crippen LogP contribution in [0.4, 0.5) is 0 Å². The number of carbonyl (C=O) groups excluding carboxylic acids is 1. The summed E-state index contributed by atoms with van der Waals surface area (Å²) in [5.74, 6) is 1.92. The van der Waals surface area contributed by atoms with Crippen LogP contribution in [0.1, 0.15) is 39.0 Å². The van der Waals surface area contributed by atoms with Crippen molar-refractivity contribution >= 4 is 5.91 Å². The molecule has 3 atom stereocenters. The number of nitrogens with one attached hydrogen (secondary N) is 1. The molecule has 2 fully saturated rings. The van der Waals surface area contributed by atoms with Crippen LogP contribution < -0.4 is 11.1 Å². The summed E-state index contributed by atoms with van der Waals surface area (Å²) in [5, 5.41) is 2.78. The summed E-state index contributed by atoms with van der Waals surface area (Å²) in [4.78, 5) is 14.3. The van der Waals surface area contributed by atoms with Gasteiger partial charge in [0.2, 0.25) is 5.91 Å². The van der Waals surface area contributed by atoms with Gasteiger partial charge in [-0.3, -0.25) is 4.79 Å². The zero-order valence-electron chi connectivity index (χ0n) is 12.4. The second kappa shape index (κ2) is 6.71. The molecule has 1 aliphatic heterocycles. The SMILES string of the molecule is CNC(=O)C1CCN(C2CC(C)CCC2CN)CC1. The van der Waals surface area contributed by atoms with Gasteiger partial charge in [0.1, 0.15) is 0 Å². The fraction of sp³-hybridized carbons (Fsp3) is 0.933. The number of nitrogens with zero attached hydrogens (tertiary/aromatic N) is 1. The standard InChI is InChI=1S/C15H29N3O/c1-11-3-4-13(10-16)14(9-11)18-7-5-12(6-8-18)15(19)17-2/h11-14H,3-10,16H2,1-2H3,(H,17,19). The zero-order chi connectivity index (χ0) is 13.8. The molecule has 1 saturated heterocycles. The van der Waals surface area contributed by atoms with Crippen molar-refractivity contribution in [1.29, 1.82) is 0 Å². The molecule has 0 aromatic heterocycles. The smallest absolute Gasteiger partial charge is 0.222 e. The number of amides is 1. The van der Waals surface area contributed by atoms with Crippen LogP contribution in [0, 0.1) is 17.8 Å². The molecule has 3 N–H and O–H groups in total. The quantitative estimate of drug-likeness (QED) is 0.808. The van der Waals surface area contributed by atoms with Crippen molar-refractivity contribution in [1.82, 2.24) is 10.2 Å². The minimum Gasteiger partial charge on any atom is -0.359 e. The van der Waals surface area contributed by atoms with Gasteiger partial charge in [-0.25, -0.2) is 0 Å². The molecule has 1 aliphatic carbocycles. The Balaban J connectivity index is 1.90. The first-order valence-corrected chi connectivity index (χ1v) is 7.81. The summed E-state index contributed by atoms with van der Waals surface area (Å²) in [6.07, 6.45) is 5.89. The number of carbonyl (C=O) groups is 1. The first kappa shape index (κ1) is 14.8. The highest BCUT2D eigenvalue weighted by Gasteiger charge is 2.35. The predicted molar refractivity (Wildman–Crippen MR) is 77.7 cm³/mol. The Morgan fingerprint density at radius 3 is 2.53 bits per heavy atom. The molecule has 0 spiro atoms. The van der Waals surface area contributed by atoms with E-state index in [1.165, 1.54) is 19.3 Å². The van der Waals surface area contributed by atoms with E-state index in [1.807, 2.05) is 0 Å². The number of nitrogens with two attached hydrogens (primary N) is 1. The first-order chi connectivity index (χ1) is 9.15. The van der Waals surface area contributed by atoms with Gasteiger partial charge in [0.25, 0.3) is 0 Å². The summed E-state index contributed by atoms with van der Waals surface area (Å²) >= 11 is 0. The third-order valence-electron chi connectivity index (χ3n) is 5.14. The highest BCUT2D eigenvalue weighted by Crippen LogP contribution is 2.33. The van der Waals surface area contributed by atoms with E-state index in [0.29, 0.717) is 12.0 Å². The third-order valence-corrected chi connectivity index (χ3v) is 5.14. The van der Waals surface area contributed by atoms with Crippen molar-refractivity contribution in [2.24, 2.45) is 23.5 Å². The molecular weight excluding hydrogens is 238 g/mol. The summed E-state index contributed by atoms with van der Waals surface area (Å²) < 4.78 is 0. The molecule has 4 heteroatoms. The largest absolute Gasteiger partial charge is 0.359 e. The lowest BCUT2D eigenvalue weighted by Gasteiger charge is -2.44. The van der Waals surface area contributed by atoms with Crippen LogP contribution in [0.3, 0.4) is 0 Å². The number of rotatable bonds is 3. The van der Waals surface area contributed by atoms with Gasteiger partial charge in [0, 0.05) is 19.0 Å². The van der Waals surface area contributed by atoms with Gasteiger partial charge in [0.05, 0.1) is 0 Å². The molecule has 110 valence electrons. The molecule has 0 bridgehead atoms. The van der Waals surface area contributed by atoms with Gasteiger partial charge >= 0.3 is 0 Å². The summed E-state index contributed by atoms with van der Waals surface area (Å²) in [6, 6.07) is 0.652. The maximum atomic E-state index is 11.7. The van der Waals surface area contributed by atoms with Crippen LogP contribution in [0.5, 0.6) is 0 Å². The van der Waals surface area contributed by atoms with Crippen LogP contribution in [-0.2, 0) is 4.79 Å². The maximum absolute atomic E-state index is 11.7. The Labute approximate surface area is 117 Å². The summed E-state index contributed by atoms with van der Waals surface area (Å²) in [5.41, 5.74) is 5.95. The van der Waals surface area contributed by atoms with E-state index >= 15 is 0 Å². The lowest BCUT2D eigenvalue weighted by Crippen LogP contribution is -2.50. The molecule has 1 amide bonds. The van der Waals surface area contributed by atoms with Gasteiger partial charge in [-0.1, -0.05) is 13.3 Å². The van der Waals surface area contributed by atoms with Crippen LogP contribution >= 0.6 is 0 Å². The molecule has 4 nitrogen and oxygen atoms in total. The Morgan fingerprint density at radius 1 is 1.26 bits per heavy atom. The van der Waals surface area contributed by atoms with E-state index < -0.39 is 0 Å². The van der Waals surface area contributed by atoms with Crippen LogP contribution in [0.25, 0.3) is 0 Å². The van der Waals surface area contributed by atoms with Crippen molar-refractivity contribution < 1.29 is 4.79 Å². The van der Waals surface area contributed by atoms with Crippen molar-refractivity contribution in [2.45, 2.75) is 45.1 Å². The fourth-order valence-electron chi connectivity index (χ4n) is 3.83. The van der Waals surface area contributed by atoms with Crippen molar-refractivity contribution in [3.8, 4) is 0 Å². The van der Waals surface area contributed by atoms with Gasteiger partial charge in [-0.05, 0) is 57.2 Å². The Bertz CT molecular complexity index is 300. The predicted octanol–water partition coefficient (Wildman–Crippen LogP) is 1.21. The van der Waals surface area contributed by atoms with Crippen molar-refractivity contribution in [3.63, 3.8) is 0 Å². The Morgan fingerprint density at radius 2 is 1.95 bits per heavy atom. The van der Waals surface area contributed by atoms with Crippen LogP contribution in [0.2, 0.25) is 0 Å². The van der Waals surface area contributed by atoms with Crippen molar-refractivity contribution in [3.05, 3.63) is 0 Å². The molecule has 1 saturated carbocycles. The normalized spacial score (nSPS) is 34.2. The topological polar surface area (TPSA) is 58.4 Å². The molecular formula is C15H29N3O. The molecule has 0 aromatic rings. The van der Waals surface area contributed by atoms with Gasteiger partial charge < -0.3 is 16.0 Å². The Hall–Kier alpha value is -0.610. The number of hydrogen-bond acceptors (Lipinski definition) is 3. The summed E-state index contributed by atoms with van der Waals surface area (Å²) in [7, 11) is 1.74. The Kier molecular flexibility index (Phi) is 5.22. The number of piperidine rings is 1. The van der Waals surface area contributed by atoms with Gasteiger partial charge in [-0.15, -0.1) is 0 Å². The van der Waals surface area contributed by atoms with Gasteiger partial charge in [0.15, 0.2) is 0 Å². The molecule has 19 heavy (non-hydrogen) atoms. The molecule has 0 aromatic carbocycles. The monoisotopic (exact) mass is 267 g/mol. The van der Waals surface area contributed by atoms with Gasteiger partial charge in [-0.2, -0.15) is 0 Å². The highest BCUT2D eigenvalue weighted by molar-refractivity contribution is 5.78. The third kappa shape index (κ3) is 3.48. The molecule has 2 rings (SSSR count). The second-order valence-electron chi connectivity index (χ2n) is 6.41. The second-order valence-corrected chi connectivity index (χ2v) is 6.41. The van der Waals surface area contributed by atoms with E-state index in [0.717, 1.165) is 38.4 Å². The molecule has 2 aliphatic rings.